The van der Waals surface area contributed by atoms with Crippen molar-refractivity contribution < 1.29 is 5.11 Å². The van der Waals surface area contributed by atoms with Crippen LogP contribution in [0.15, 0.2) is 24.8 Å². The number of allylic oxidation sites excluding steroid dienone is 1. The Hall–Kier alpha value is -0.990. The van der Waals surface area contributed by atoms with Gasteiger partial charge in [-0.15, -0.1) is 19.0 Å². The fourth-order valence-corrected chi connectivity index (χ4v) is 2.40. The SMILES string of the molecule is C=CCC[C@@H](N)c1cc(C(C)(C)C)cc(C(C)(C)C)c1O.Cl. The zero-order valence-corrected chi connectivity index (χ0v) is 15.7. The molecule has 1 aromatic carbocycles. The maximum Gasteiger partial charge on any atom is 0.124 e. The normalized spacial score (nSPS) is 13.4. The van der Waals surface area contributed by atoms with Crippen molar-refractivity contribution in [2.75, 3.05) is 0 Å². The first-order valence-electron chi connectivity index (χ1n) is 7.73. The van der Waals surface area contributed by atoms with Gasteiger partial charge in [-0.25, -0.2) is 0 Å². The third-order valence-electron chi connectivity index (χ3n) is 3.89. The summed E-state index contributed by atoms with van der Waals surface area (Å²) in [6, 6.07) is 4.03. The van der Waals surface area contributed by atoms with Gasteiger partial charge in [-0.3, -0.25) is 0 Å². The van der Waals surface area contributed by atoms with E-state index in [0.29, 0.717) is 5.75 Å². The number of nitrogens with two attached hydrogens (primary N) is 1. The number of phenols is 1. The standard InChI is InChI=1S/C19H31NO.ClH/c1-8-9-10-16(20)14-11-13(18(2,3)4)12-15(17(14)21)19(5,6)7;/h8,11-12,16,21H,1,9-10,20H2,2-7H3;1H/t16-;/m1./s1. The molecule has 3 N–H and O–H groups in total. The van der Waals surface area contributed by atoms with Gasteiger partial charge >= 0.3 is 0 Å². The molecule has 0 bridgehead atoms. The van der Waals surface area contributed by atoms with E-state index in [2.05, 4.69) is 60.3 Å². The molecule has 2 nitrogen and oxygen atoms in total. The largest absolute Gasteiger partial charge is 0.507 e. The van der Waals surface area contributed by atoms with Crippen LogP contribution in [0.3, 0.4) is 0 Å². The molecule has 126 valence electrons. The van der Waals surface area contributed by atoms with Crippen molar-refractivity contribution in [2.45, 2.75) is 71.3 Å². The molecule has 1 rings (SSSR count). The minimum Gasteiger partial charge on any atom is -0.507 e. The van der Waals surface area contributed by atoms with Crippen LogP contribution in [0, 0.1) is 0 Å². The van der Waals surface area contributed by atoms with Gasteiger partial charge in [0.2, 0.25) is 0 Å². The second-order valence-corrected chi connectivity index (χ2v) is 7.93. The van der Waals surface area contributed by atoms with Crippen LogP contribution in [0.25, 0.3) is 0 Å². The molecule has 0 heterocycles. The molecule has 0 aliphatic heterocycles. The maximum atomic E-state index is 10.7. The van der Waals surface area contributed by atoms with Gasteiger partial charge in [-0.2, -0.15) is 0 Å². The summed E-state index contributed by atoms with van der Waals surface area (Å²) in [6.45, 7) is 16.7. The minimum absolute atomic E-state index is 0. The molecule has 0 unspecified atom stereocenters. The van der Waals surface area contributed by atoms with Crippen molar-refractivity contribution in [2.24, 2.45) is 5.73 Å². The molecule has 1 aromatic rings. The van der Waals surface area contributed by atoms with Crippen LogP contribution < -0.4 is 5.73 Å². The van der Waals surface area contributed by atoms with Gasteiger partial charge in [0.25, 0.3) is 0 Å². The van der Waals surface area contributed by atoms with E-state index in [1.165, 1.54) is 5.56 Å². The molecule has 22 heavy (non-hydrogen) atoms. The van der Waals surface area contributed by atoms with E-state index in [1.54, 1.807) is 0 Å². The van der Waals surface area contributed by atoms with Gasteiger partial charge in [-0.05, 0) is 40.9 Å². The summed E-state index contributed by atoms with van der Waals surface area (Å²) in [5, 5.41) is 10.7. The highest BCUT2D eigenvalue weighted by Gasteiger charge is 2.26. The van der Waals surface area contributed by atoms with E-state index in [9.17, 15) is 5.11 Å². The quantitative estimate of drug-likeness (QED) is 0.730. The van der Waals surface area contributed by atoms with Crippen LogP contribution in [0.5, 0.6) is 5.75 Å². The predicted molar refractivity (Wildman–Crippen MR) is 99.1 cm³/mol. The van der Waals surface area contributed by atoms with Crippen molar-refractivity contribution >= 4 is 12.4 Å². The average molecular weight is 326 g/mol. The van der Waals surface area contributed by atoms with Crippen LogP contribution >= 0.6 is 12.4 Å². The Balaban J connectivity index is 0.00000441. The van der Waals surface area contributed by atoms with E-state index in [-0.39, 0.29) is 29.3 Å². The summed E-state index contributed by atoms with van der Waals surface area (Å²) in [5.74, 6) is 0.354. The van der Waals surface area contributed by atoms with Crippen molar-refractivity contribution in [3.8, 4) is 5.75 Å². The first kappa shape index (κ1) is 21.0. The Morgan fingerprint density at radius 2 is 1.68 bits per heavy atom. The number of hydrogen-bond donors (Lipinski definition) is 2. The topological polar surface area (TPSA) is 46.2 Å². The summed E-state index contributed by atoms with van der Waals surface area (Å²) in [4.78, 5) is 0. The molecule has 0 aliphatic rings. The smallest absolute Gasteiger partial charge is 0.124 e. The fraction of sp³-hybridized carbons (Fsp3) is 0.579. The van der Waals surface area contributed by atoms with Crippen LogP contribution in [0.1, 0.15) is 77.1 Å². The third-order valence-corrected chi connectivity index (χ3v) is 3.89. The van der Waals surface area contributed by atoms with Gasteiger partial charge in [0.1, 0.15) is 5.75 Å². The zero-order chi connectivity index (χ0) is 16.4. The van der Waals surface area contributed by atoms with Gasteiger partial charge in [0.15, 0.2) is 0 Å². The highest BCUT2D eigenvalue weighted by Crippen LogP contribution is 2.40. The van der Waals surface area contributed by atoms with Crippen molar-refractivity contribution in [3.63, 3.8) is 0 Å². The lowest BCUT2D eigenvalue weighted by molar-refractivity contribution is 0.430. The number of aromatic hydroxyl groups is 1. The Labute approximate surface area is 142 Å². The molecule has 0 spiro atoms. The number of benzene rings is 1. The summed E-state index contributed by atoms with van der Waals surface area (Å²) >= 11 is 0. The number of phenolic OH excluding ortho intramolecular Hbond substituents is 1. The number of hydrogen-bond acceptors (Lipinski definition) is 2. The average Bonchev–Trinajstić information content (AvgIpc) is 2.33. The highest BCUT2D eigenvalue weighted by atomic mass is 35.5. The third kappa shape index (κ3) is 5.03. The molecule has 0 fully saturated rings. The maximum absolute atomic E-state index is 10.7. The molecular weight excluding hydrogens is 294 g/mol. The van der Waals surface area contributed by atoms with Gasteiger partial charge in [-0.1, -0.05) is 53.7 Å². The zero-order valence-electron chi connectivity index (χ0n) is 14.9. The summed E-state index contributed by atoms with van der Waals surface area (Å²) in [7, 11) is 0. The first-order chi connectivity index (χ1) is 9.48. The van der Waals surface area contributed by atoms with Crippen molar-refractivity contribution in [1.29, 1.82) is 0 Å². The monoisotopic (exact) mass is 325 g/mol. The van der Waals surface area contributed by atoms with Crippen LogP contribution in [0.2, 0.25) is 0 Å². The summed E-state index contributed by atoms with van der Waals surface area (Å²) < 4.78 is 0. The van der Waals surface area contributed by atoms with Crippen molar-refractivity contribution in [1.82, 2.24) is 0 Å². The van der Waals surface area contributed by atoms with Crippen LogP contribution in [-0.2, 0) is 10.8 Å². The summed E-state index contributed by atoms with van der Waals surface area (Å²) in [6.07, 6.45) is 3.52. The lowest BCUT2D eigenvalue weighted by atomic mass is 9.78. The summed E-state index contributed by atoms with van der Waals surface area (Å²) in [5.41, 5.74) is 9.26. The highest BCUT2D eigenvalue weighted by molar-refractivity contribution is 5.85. The Kier molecular flexibility index (Phi) is 7.18. The first-order valence-corrected chi connectivity index (χ1v) is 7.73. The molecule has 0 radical (unpaired) electrons. The molecule has 0 aromatic heterocycles. The van der Waals surface area contributed by atoms with E-state index in [1.807, 2.05) is 6.08 Å². The Morgan fingerprint density at radius 3 is 2.09 bits per heavy atom. The van der Waals surface area contributed by atoms with E-state index < -0.39 is 0 Å². The molecular formula is C19H32ClNO. The van der Waals surface area contributed by atoms with Crippen LogP contribution in [0.4, 0.5) is 0 Å². The lowest BCUT2D eigenvalue weighted by Crippen LogP contribution is -2.20. The molecule has 1 atom stereocenters. The minimum atomic E-state index is -0.161. The molecule has 0 saturated heterocycles. The second kappa shape index (κ2) is 7.52. The Morgan fingerprint density at radius 1 is 1.14 bits per heavy atom. The van der Waals surface area contributed by atoms with E-state index in [0.717, 1.165) is 24.0 Å². The number of rotatable bonds is 4. The van der Waals surface area contributed by atoms with Crippen LogP contribution in [-0.4, -0.2) is 5.11 Å². The van der Waals surface area contributed by atoms with Crippen molar-refractivity contribution in [3.05, 3.63) is 41.5 Å². The predicted octanol–water partition coefficient (Wildman–Crippen LogP) is 5.38. The Bertz CT molecular complexity index is 509. The fourth-order valence-electron chi connectivity index (χ4n) is 2.40. The molecule has 3 heteroatoms. The van der Waals surface area contributed by atoms with Gasteiger partial charge in [0, 0.05) is 11.6 Å². The second-order valence-electron chi connectivity index (χ2n) is 7.93. The van der Waals surface area contributed by atoms with E-state index >= 15 is 0 Å². The number of halogens is 1. The van der Waals surface area contributed by atoms with Gasteiger partial charge < -0.3 is 10.8 Å². The molecule has 0 saturated carbocycles. The molecule has 0 amide bonds. The molecule has 0 aliphatic carbocycles. The van der Waals surface area contributed by atoms with Gasteiger partial charge in [0.05, 0.1) is 0 Å². The van der Waals surface area contributed by atoms with E-state index in [4.69, 9.17) is 5.73 Å². The lowest BCUT2D eigenvalue weighted by Gasteiger charge is -2.29.